The van der Waals surface area contributed by atoms with Crippen molar-refractivity contribution in [1.29, 1.82) is 0 Å². The molecule has 0 unspecified atom stereocenters. The molecule has 2 fully saturated rings. The summed E-state index contributed by atoms with van der Waals surface area (Å²) in [6, 6.07) is 18.1. The third kappa shape index (κ3) is 5.81. The first kappa shape index (κ1) is 24.3. The second kappa shape index (κ2) is 11.1. The molecule has 9 heteroatoms. The third-order valence-corrected chi connectivity index (χ3v) is 5.75. The Bertz CT molecular complexity index is 956. The lowest BCUT2D eigenvalue weighted by atomic mass is 9.95. The van der Waals surface area contributed by atoms with Crippen LogP contribution < -0.4 is 5.32 Å². The molecule has 2 aliphatic heterocycles. The van der Waals surface area contributed by atoms with E-state index in [-0.39, 0.29) is 19.1 Å². The van der Waals surface area contributed by atoms with Gasteiger partial charge in [-0.1, -0.05) is 60.7 Å². The highest BCUT2D eigenvalue weighted by molar-refractivity contribution is 5.73. The van der Waals surface area contributed by atoms with Gasteiger partial charge in [0.15, 0.2) is 18.7 Å². The van der Waals surface area contributed by atoms with Crippen molar-refractivity contribution in [2.75, 3.05) is 6.61 Å². The Labute approximate surface area is 197 Å². The Kier molecular flexibility index (Phi) is 7.91. The van der Waals surface area contributed by atoms with Gasteiger partial charge < -0.3 is 34.1 Å². The van der Waals surface area contributed by atoms with Crippen molar-refractivity contribution >= 4 is 11.9 Å². The first-order valence-corrected chi connectivity index (χ1v) is 11.2. The summed E-state index contributed by atoms with van der Waals surface area (Å²) in [5, 5.41) is 12.3. The zero-order valence-corrected chi connectivity index (χ0v) is 19.0. The summed E-state index contributed by atoms with van der Waals surface area (Å²) in [7, 11) is 0. The quantitative estimate of drug-likeness (QED) is 0.604. The number of ether oxygens (including phenoxy) is 5. The standard InChI is InChI=1S/C25H29NO8/c1-15(23(28)29)32-22-20(26-16(2)27)25(30-13-17-9-5-3-6-10-17)33-19-14-31-24(34-21(19)22)18-11-7-4-8-12-18/h3-12,15,19-22,24-25H,13-14H2,1-2H3,(H,26,27)(H,28,29)/t15-,19-,20-,21+,22+,24+,25+/m0/s1. The van der Waals surface area contributed by atoms with Gasteiger partial charge >= 0.3 is 5.97 Å². The zero-order valence-electron chi connectivity index (χ0n) is 19.0. The van der Waals surface area contributed by atoms with Crippen LogP contribution in [0.1, 0.15) is 31.3 Å². The minimum atomic E-state index is -1.14. The van der Waals surface area contributed by atoms with E-state index in [1.165, 1.54) is 13.8 Å². The molecule has 7 atom stereocenters. The maximum absolute atomic E-state index is 12.1. The van der Waals surface area contributed by atoms with Crippen LogP contribution in [0.3, 0.4) is 0 Å². The molecule has 0 radical (unpaired) electrons. The molecule has 0 aromatic heterocycles. The lowest BCUT2D eigenvalue weighted by Crippen LogP contribution is -2.67. The van der Waals surface area contributed by atoms with E-state index in [0.717, 1.165) is 11.1 Å². The normalized spacial score (nSPS) is 29.6. The maximum Gasteiger partial charge on any atom is 0.332 e. The van der Waals surface area contributed by atoms with Crippen molar-refractivity contribution in [1.82, 2.24) is 5.32 Å². The van der Waals surface area contributed by atoms with Crippen LogP contribution in [0.2, 0.25) is 0 Å². The van der Waals surface area contributed by atoms with Crippen LogP contribution in [0.4, 0.5) is 0 Å². The lowest BCUT2D eigenvalue weighted by Gasteiger charge is -2.49. The molecule has 182 valence electrons. The molecule has 2 aromatic rings. The average molecular weight is 472 g/mol. The molecule has 0 saturated carbocycles. The molecule has 2 heterocycles. The molecule has 0 aliphatic carbocycles. The fraction of sp³-hybridized carbons (Fsp3) is 0.440. The molecular formula is C25H29NO8. The number of nitrogens with one attached hydrogen (secondary N) is 1. The largest absolute Gasteiger partial charge is 0.479 e. The Morgan fingerprint density at radius 3 is 2.41 bits per heavy atom. The van der Waals surface area contributed by atoms with Crippen molar-refractivity contribution in [3.05, 3.63) is 71.8 Å². The summed E-state index contributed by atoms with van der Waals surface area (Å²) in [4.78, 5) is 23.7. The highest BCUT2D eigenvalue weighted by Crippen LogP contribution is 2.36. The van der Waals surface area contributed by atoms with Crippen LogP contribution in [-0.4, -0.2) is 60.3 Å². The monoisotopic (exact) mass is 471 g/mol. The topological polar surface area (TPSA) is 113 Å². The molecule has 0 spiro atoms. The van der Waals surface area contributed by atoms with Crippen LogP contribution in [0.15, 0.2) is 60.7 Å². The molecule has 2 aromatic carbocycles. The van der Waals surface area contributed by atoms with Gasteiger partial charge in [-0.15, -0.1) is 0 Å². The van der Waals surface area contributed by atoms with Gasteiger partial charge in [-0.05, 0) is 12.5 Å². The highest BCUT2D eigenvalue weighted by atomic mass is 16.8. The van der Waals surface area contributed by atoms with E-state index >= 15 is 0 Å². The number of aliphatic carboxylic acids is 1. The number of rotatable bonds is 8. The van der Waals surface area contributed by atoms with Crippen LogP contribution >= 0.6 is 0 Å². The van der Waals surface area contributed by atoms with Gasteiger partial charge in [-0.2, -0.15) is 0 Å². The Morgan fingerprint density at radius 1 is 1.09 bits per heavy atom. The fourth-order valence-corrected chi connectivity index (χ4v) is 4.09. The predicted molar refractivity (Wildman–Crippen MR) is 119 cm³/mol. The minimum absolute atomic E-state index is 0.184. The van der Waals surface area contributed by atoms with Gasteiger partial charge in [0.1, 0.15) is 24.4 Å². The van der Waals surface area contributed by atoms with E-state index in [2.05, 4.69) is 5.32 Å². The maximum atomic E-state index is 12.1. The van der Waals surface area contributed by atoms with Crippen LogP contribution in [0.5, 0.6) is 0 Å². The van der Waals surface area contributed by atoms with E-state index in [0.29, 0.717) is 0 Å². The van der Waals surface area contributed by atoms with Crippen molar-refractivity contribution in [2.24, 2.45) is 0 Å². The number of amides is 1. The molecule has 9 nitrogen and oxygen atoms in total. The molecular weight excluding hydrogens is 442 g/mol. The van der Waals surface area contributed by atoms with Gasteiger partial charge in [-0.3, -0.25) is 4.79 Å². The van der Waals surface area contributed by atoms with Gasteiger partial charge in [0, 0.05) is 12.5 Å². The minimum Gasteiger partial charge on any atom is -0.479 e. The number of fused-ring (bicyclic) bond motifs is 1. The smallest absolute Gasteiger partial charge is 0.332 e. The molecule has 1 amide bonds. The van der Waals surface area contributed by atoms with E-state index in [9.17, 15) is 14.7 Å². The molecule has 0 bridgehead atoms. The molecule has 4 rings (SSSR count). The number of hydrogen-bond donors (Lipinski definition) is 2. The van der Waals surface area contributed by atoms with Gasteiger partial charge in [0.25, 0.3) is 0 Å². The number of carboxylic acid groups (broad SMARTS) is 1. The van der Waals surface area contributed by atoms with E-state index in [1.807, 2.05) is 60.7 Å². The third-order valence-electron chi connectivity index (χ3n) is 5.75. The second-order valence-corrected chi connectivity index (χ2v) is 8.32. The molecule has 34 heavy (non-hydrogen) atoms. The van der Waals surface area contributed by atoms with Crippen LogP contribution in [0, 0.1) is 0 Å². The average Bonchev–Trinajstić information content (AvgIpc) is 2.84. The van der Waals surface area contributed by atoms with Crippen LogP contribution in [0.25, 0.3) is 0 Å². The number of carboxylic acids is 1. The lowest BCUT2D eigenvalue weighted by molar-refractivity contribution is -0.351. The first-order chi connectivity index (χ1) is 16.4. The van der Waals surface area contributed by atoms with Gasteiger partial charge in [-0.25, -0.2) is 4.79 Å². The SMILES string of the molecule is CC(=O)N[C@@H]1[C@H](OCc2ccccc2)O[C@H]2CO[C@@H](c3ccccc3)O[C@H]2[C@@H]1O[C@@H](C)C(=O)O. The summed E-state index contributed by atoms with van der Waals surface area (Å²) < 4.78 is 30.3. The second-order valence-electron chi connectivity index (χ2n) is 8.32. The van der Waals surface area contributed by atoms with Gasteiger partial charge in [0.2, 0.25) is 5.91 Å². The zero-order chi connectivity index (χ0) is 24.1. The van der Waals surface area contributed by atoms with E-state index in [4.69, 9.17) is 23.7 Å². The van der Waals surface area contributed by atoms with Crippen molar-refractivity contribution in [2.45, 2.75) is 63.5 Å². The molecule has 2 N–H and O–H groups in total. The van der Waals surface area contributed by atoms with E-state index < -0.39 is 49.0 Å². The van der Waals surface area contributed by atoms with Crippen molar-refractivity contribution in [3.8, 4) is 0 Å². The highest BCUT2D eigenvalue weighted by Gasteiger charge is 2.52. The first-order valence-electron chi connectivity index (χ1n) is 11.2. The number of carbonyl (C=O) groups is 2. The summed E-state index contributed by atoms with van der Waals surface area (Å²) in [6.45, 7) is 3.22. The molecule has 2 saturated heterocycles. The van der Waals surface area contributed by atoms with Crippen molar-refractivity contribution < 1.29 is 38.4 Å². The summed E-state index contributed by atoms with van der Waals surface area (Å²) in [6.07, 6.45) is -4.87. The summed E-state index contributed by atoms with van der Waals surface area (Å²) in [5.74, 6) is -1.46. The van der Waals surface area contributed by atoms with Crippen molar-refractivity contribution in [3.63, 3.8) is 0 Å². The predicted octanol–water partition coefficient (Wildman–Crippen LogP) is 2.41. The fourth-order valence-electron chi connectivity index (χ4n) is 4.09. The summed E-state index contributed by atoms with van der Waals surface area (Å²) >= 11 is 0. The van der Waals surface area contributed by atoms with Crippen LogP contribution in [-0.2, 0) is 39.9 Å². The molecule has 2 aliphatic rings. The number of carbonyl (C=O) groups excluding carboxylic acids is 1. The Hall–Kier alpha value is -2.82. The Balaban J connectivity index is 1.59. The van der Waals surface area contributed by atoms with Gasteiger partial charge in [0.05, 0.1) is 13.2 Å². The summed E-state index contributed by atoms with van der Waals surface area (Å²) in [5.41, 5.74) is 1.73. The number of benzene rings is 2. The van der Waals surface area contributed by atoms with E-state index in [1.54, 1.807) is 0 Å². The Morgan fingerprint density at radius 2 is 1.76 bits per heavy atom. The number of hydrogen-bond acceptors (Lipinski definition) is 7.